The molecule has 2 aliphatic rings. The highest BCUT2D eigenvalue weighted by atomic mass is 35.5. The Morgan fingerprint density at radius 2 is 1.81 bits per heavy atom. The minimum Gasteiger partial charge on any atom is -0.488 e. The van der Waals surface area contributed by atoms with E-state index in [1.807, 2.05) is 24.3 Å². The van der Waals surface area contributed by atoms with Gasteiger partial charge in [-0.2, -0.15) is 0 Å². The second-order valence-corrected chi connectivity index (χ2v) is 8.60. The molecule has 2 saturated heterocycles. The Morgan fingerprint density at radius 3 is 2.47 bits per heavy atom. The molecule has 6 atom stereocenters. The summed E-state index contributed by atoms with van der Waals surface area (Å²) in [6.07, 6.45) is -4.99. The first kappa shape index (κ1) is 23.4. The summed E-state index contributed by atoms with van der Waals surface area (Å²) in [4.78, 5) is 0. The van der Waals surface area contributed by atoms with E-state index in [-0.39, 0.29) is 11.7 Å². The van der Waals surface area contributed by atoms with Crippen molar-refractivity contribution < 1.29 is 39.7 Å². The molecule has 2 aromatic carbocycles. The molecule has 0 aromatic heterocycles. The summed E-state index contributed by atoms with van der Waals surface area (Å²) in [5.74, 6) is -1.58. The van der Waals surface area contributed by atoms with Crippen LogP contribution in [0.3, 0.4) is 0 Å². The number of hydrogen-bond donors (Lipinski definition) is 5. The summed E-state index contributed by atoms with van der Waals surface area (Å²) in [5.41, 5.74) is 1.75. The summed E-state index contributed by atoms with van der Waals surface area (Å²) in [7, 11) is 0. The van der Waals surface area contributed by atoms with Crippen molar-refractivity contribution in [2.45, 2.75) is 49.1 Å². The Kier molecular flexibility index (Phi) is 7.04. The van der Waals surface area contributed by atoms with Crippen LogP contribution in [0.15, 0.2) is 42.5 Å². The molecule has 0 bridgehead atoms. The fourth-order valence-electron chi connectivity index (χ4n) is 4.03. The molecule has 32 heavy (non-hydrogen) atoms. The molecule has 4 rings (SSSR count). The molecule has 0 amide bonds. The van der Waals surface area contributed by atoms with E-state index in [0.717, 1.165) is 17.7 Å². The van der Waals surface area contributed by atoms with E-state index in [2.05, 4.69) is 0 Å². The van der Waals surface area contributed by atoms with Crippen LogP contribution in [0.25, 0.3) is 0 Å². The number of aliphatic hydroxyl groups is 5. The number of hydrogen-bond acceptors (Lipinski definition) is 8. The zero-order valence-electron chi connectivity index (χ0n) is 17.3. The molecule has 9 heteroatoms. The molecular formula is C23H27ClO8. The molecule has 8 nitrogen and oxygen atoms in total. The van der Waals surface area contributed by atoms with Crippen LogP contribution in [0.2, 0.25) is 5.02 Å². The van der Waals surface area contributed by atoms with Crippen LogP contribution in [0.5, 0.6) is 5.75 Å². The van der Waals surface area contributed by atoms with Crippen molar-refractivity contribution in [1.82, 2.24) is 0 Å². The van der Waals surface area contributed by atoms with Gasteiger partial charge in [0.15, 0.2) is 0 Å². The molecule has 2 heterocycles. The van der Waals surface area contributed by atoms with E-state index in [1.54, 1.807) is 12.1 Å². The quantitative estimate of drug-likeness (QED) is 0.421. The third-order valence-electron chi connectivity index (χ3n) is 5.93. The maximum atomic E-state index is 11.0. The Balaban J connectivity index is 1.53. The van der Waals surface area contributed by atoms with Crippen LogP contribution >= 0.6 is 11.6 Å². The fraction of sp³-hybridized carbons (Fsp3) is 0.478. The van der Waals surface area contributed by atoms with E-state index < -0.39 is 36.8 Å². The van der Waals surface area contributed by atoms with Gasteiger partial charge in [-0.05, 0) is 41.8 Å². The lowest BCUT2D eigenvalue weighted by atomic mass is 9.87. The SMILES string of the molecule is OC[C@H]1OC(O)(c2ccc(Cl)c(Cc3ccc(O[C@@H]4CCOC4)cc3)c2)[C@H](O)[C@@H](O)[C@H]1O. The van der Waals surface area contributed by atoms with Crippen molar-refractivity contribution in [1.29, 1.82) is 0 Å². The van der Waals surface area contributed by atoms with Crippen LogP contribution in [-0.2, 0) is 21.7 Å². The summed E-state index contributed by atoms with van der Waals surface area (Å²) >= 11 is 6.37. The maximum Gasteiger partial charge on any atom is 0.222 e. The van der Waals surface area contributed by atoms with Gasteiger partial charge in [0.2, 0.25) is 5.79 Å². The van der Waals surface area contributed by atoms with Crippen molar-refractivity contribution in [2.75, 3.05) is 19.8 Å². The Labute approximate surface area is 190 Å². The van der Waals surface area contributed by atoms with Gasteiger partial charge in [-0.15, -0.1) is 0 Å². The molecule has 1 unspecified atom stereocenters. The Morgan fingerprint density at radius 1 is 1.06 bits per heavy atom. The number of halogens is 1. The average molecular weight is 467 g/mol. The lowest BCUT2D eigenvalue weighted by molar-refractivity contribution is -0.357. The summed E-state index contributed by atoms with van der Waals surface area (Å²) < 4.78 is 16.6. The van der Waals surface area contributed by atoms with Crippen LogP contribution in [-0.4, -0.2) is 75.9 Å². The molecule has 0 aliphatic carbocycles. The van der Waals surface area contributed by atoms with Gasteiger partial charge in [0.25, 0.3) is 0 Å². The van der Waals surface area contributed by atoms with Gasteiger partial charge in [0.1, 0.15) is 36.3 Å². The highest BCUT2D eigenvalue weighted by Crippen LogP contribution is 2.38. The first-order valence-corrected chi connectivity index (χ1v) is 10.9. The smallest absolute Gasteiger partial charge is 0.222 e. The van der Waals surface area contributed by atoms with Gasteiger partial charge >= 0.3 is 0 Å². The van der Waals surface area contributed by atoms with E-state index in [9.17, 15) is 25.5 Å². The Bertz CT molecular complexity index is 915. The molecule has 2 aliphatic heterocycles. The standard InChI is InChI=1S/C23H27ClO8/c24-18-6-3-15(23(29)22(28)21(27)20(26)19(11-25)32-23)10-14(18)9-13-1-4-16(5-2-13)31-17-7-8-30-12-17/h1-6,10,17,19-22,25-29H,7-9,11-12H2/t17-,19-,20+,21+,22-,23?/m1/s1. The molecule has 0 radical (unpaired) electrons. The van der Waals surface area contributed by atoms with E-state index in [1.165, 1.54) is 6.07 Å². The largest absolute Gasteiger partial charge is 0.488 e. The van der Waals surface area contributed by atoms with Crippen molar-refractivity contribution in [3.63, 3.8) is 0 Å². The lowest BCUT2D eigenvalue weighted by Crippen LogP contribution is -2.63. The average Bonchev–Trinajstić information content (AvgIpc) is 3.30. The molecule has 5 N–H and O–H groups in total. The second-order valence-electron chi connectivity index (χ2n) is 8.19. The topological polar surface area (TPSA) is 129 Å². The highest BCUT2D eigenvalue weighted by Gasteiger charge is 2.53. The second kappa shape index (κ2) is 9.62. The van der Waals surface area contributed by atoms with Crippen molar-refractivity contribution in [2.24, 2.45) is 0 Å². The molecule has 0 saturated carbocycles. The first-order valence-electron chi connectivity index (χ1n) is 10.5. The molecular weight excluding hydrogens is 440 g/mol. The number of benzene rings is 2. The van der Waals surface area contributed by atoms with E-state index >= 15 is 0 Å². The molecule has 2 aromatic rings. The van der Waals surface area contributed by atoms with Gasteiger partial charge in [-0.25, -0.2) is 0 Å². The molecule has 2 fully saturated rings. The third kappa shape index (κ3) is 4.64. The monoisotopic (exact) mass is 466 g/mol. The predicted octanol–water partition coefficient (Wildman–Crippen LogP) is 0.717. The van der Waals surface area contributed by atoms with Crippen LogP contribution in [0.4, 0.5) is 0 Å². The van der Waals surface area contributed by atoms with Gasteiger partial charge in [-0.3, -0.25) is 0 Å². The van der Waals surface area contributed by atoms with Gasteiger partial charge in [0, 0.05) is 17.0 Å². The van der Waals surface area contributed by atoms with Gasteiger partial charge < -0.3 is 39.7 Å². The van der Waals surface area contributed by atoms with Crippen molar-refractivity contribution in [3.05, 3.63) is 64.2 Å². The number of rotatable bonds is 6. The van der Waals surface area contributed by atoms with E-state index in [0.29, 0.717) is 30.2 Å². The van der Waals surface area contributed by atoms with Crippen molar-refractivity contribution in [3.8, 4) is 5.75 Å². The lowest BCUT2D eigenvalue weighted by Gasteiger charge is -2.45. The minimum absolute atomic E-state index is 0.0613. The normalized spacial score (nSPS) is 32.8. The zero-order chi connectivity index (χ0) is 22.9. The summed E-state index contributed by atoms with van der Waals surface area (Å²) in [6, 6.07) is 12.2. The highest BCUT2D eigenvalue weighted by molar-refractivity contribution is 6.31. The van der Waals surface area contributed by atoms with Gasteiger partial charge in [0.05, 0.1) is 19.8 Å². The van der Waals surface area contributed by atoms with E-state index in [4.69, 9.17) is 25.8 Å². The van der Waals surface area contributed by atoms with Crippen LogP contribution in [0.1, 0.15) is 23.1 Å². The summed E-state index contributed by atoms with van der Waals surface area (Å²) in [6.45, 7) is 0.649. The molecule has 0 spiro atoms. The van der Waals surface area contributed by atoms with Crippen molar-refractivity contribution >= 4 is 11.6 Å². The zero-order valence-corrected chi connectivity index (χ0v) is 18.1. The molecule has 174 valence electrons. The predicted molar refractivity (Wildman–Crippen MR) is 114 cm³/mol. The Hall–Kier alpha value is -1.75. The van der Waals surface area contributed by atoms with Crippen LogP contribution < -0.4 is 4.74 Å². The van der Waals surface area contributed by atoms with Gasteiger partial charge in [-0.1, -0.05) is 29.8 Å². The third-order valence-corrected chi connectivity index (χ3v) is 6.30. The summed E-state index contributed by atoms with van der Waals surface area (Å²) in [5, 5.41) is 51.4. The number of ether oxygens (including phenoxy) is 3. The van der Waals surface area contributed by atoms with Crippen LogP contribution in [0, 0.1) is 0 Å². The maximum absolute atomic E-state index is 11.0. The number of aliphatic hydroxyl groups excluding tert-OH is 4. The first-order chi connectivity index (χ1) is 15.3. The fourth-order valence-corrected chi connectivity index (χ4v) is 4.21. The minimum atomic E-state index is -2.33.